The van der Waals surface area contributed by atoms with Crippen LogP contribution < -0.4 is 0 Å². The molecule has 7 heteroatoms. The number of rotatable bonds is 3. The molecule has 0 bridgehead atoms. The summed E-state index contributed by atoms with van der Waals surface area (Å²) < 4.78 is 37.1. The van der Waals surface area contributed by atoms with Gasteiger partial charge < -0.3 is 5.11 Å². The SMILES string of the molecule is O=[N+]([O-])c1cc(CCO)cc(C(F)(F)F)c1. The summed E-state index contributed by atoms with van der Waals surface area (Å²) in [5, 5.41) is 19.0. The van der Waals surface area contributed by atoms with E-state index >= 15 is 0 Å². The Morgan fingerprint density at radius 3 is 2.38 bits per heavy atom. The van der Waals surface area contributed by atoms with Crippen LogP contribution in [0.2, 0.25) is 0 Å². The Labute approximate surface area is 88.5 Å². The highest BCUT2D eigenvalue weighted by molar-refractivity contribution is 5.40. The summed E-state index contributed by atoms with van der Waals surface area (Å²) in [6.07, 6.45) is -4.68. The minimum absolute atomic E-state index is 0.0508. The molecule has 0 saturated carbocycles. The number of hydrogen-bond donors (Lipinski definition) is 1. The molecule has 1 rings (SSSR count). The van der Waals surface area contributed by atoms with Crippen molar-refractivity contribution in [2.75, 3.05) is 6.61 Å². The number of hydrogen-bond acceptors (Lipinski definition) is 3. The Hall–Kier alpha value is -1.63. The molecule has 0 atom stereocenters. The molecule has 0 amide bonds. The molecule has 0 unspecified atom stereocenters. The smallest absolute Gasteiger partial charge is 0.396 e. The van der Waals surface area contributed by atoms with Crippen LogP contribution in [0.3, 0.4) is 0 Å². The van der Waals surface area contributed by atoms with E-state index < -0.39 is 22.4 Å². The number of nitro benzene ring substituents is 1. The van der Waals surface area contributed by atoms with Crippen molar-refractivity contribution in [2.45, 2.75) is 12.6 Å². The van der Waals surface area contributed by atoms with Crippen LogP contribution in [-0.2, 0) is 12.6 Å². The van der Waals surface area contributed by atoms with Crippen LogP contribution in [0.25, 0.3) is 0 Å². The first-order chi connectivity index (χ1) is 7.34. The number of benzene rings is 1. The van der Waals surface area contributed by atoms with Gasteiger partial charge in [-0.3, -0.25) is 10.1 Å². The van der Waals surface area contributed by atoms with Gasteiger partial charge in [0.15, 0.2) is 0 Å². The molecule has 1 aromatic carbocycles. The summed E-state index contributed by atoms with van der Waals surface area (Å²) in [5.41, 5.74) is -1.62. The van der Waals surface area contributed by atoms with Crippen LogP contribution >= 0.6 is 0 Å². The molecule has 0 fully saturated rings. The summed E-state index contributed by atoms with van der Waals surface area (Å²) in [6.45, 7) is -0.363. The lowest BCUT2D eigenvalue weighted by Gasteiger charge is -2.08. The fourth-order valence-electron chi connectivity index (χ4n) is 1.22. The molecule has 0 radical (unpaired) electrons. The minimum atomic E-state index is -4.63. The highest BCUT2D eigenvalue weighted by atomic mass is 19.4. The maximum absolute atomic E-state index is 12.4. The zero-order valence-electron chi connectivity index (χ0n) is 7.99. The lowest BCUT2D eigenvalue weighted by atomic mass is 10.1. The Morgan fingerprint density at radius 2 is 1.94 bits per heavy atom. The Morgan fingerprint density at radius 1 is 1.31 bits per heavy atom. The average molecular weight is 235 g/mol. The summed E-state index contributed by atoms with van der Waals surface area (Å²) in [5.74, 6) is 0. The van der Waals surface area contributed by atoms with E-state index in [9.17, 15) is 23.3 Å². The number of halogens is 3. The summed E-state index contributed by atoms with van der Waals surface area (Å²) >= 11 is 0. The normalized spacial score (nSPS) is 11.5. The van der Waals surface area contributed by atoms with E-state index in [0.29, 0.717) is 6.07 Å². The molecule has 16 heavy (non-hydrogen) atoms. The van der Waals surface area contributed by atoms with Crippen LogP contribution in [0, 0.1) is 10.1 Å². The minimum Gasteiger partial charge on any atom is -0.396 e. The number of non-ortho nitro benzene ring substituents is 1. The first kappa shape index (κ1) is 12.4. The maximum atomic E-state index is 12.4. The van der Waals surface area contributed by atoms with Gasteiger partial charge in [0.25, 0.3) is 5.69 Å². The first-order valence-electron chi connectivity index (χ1n) is 4.31. The van der Waals surface area contributed by atoms with Crippen molar-refractivity contribution < 1.29 is 23.2 Å². The molecule has 0 heterocycles. The van der Waals surface area contributed by atoms with E-state index in [2.05, 4.69) is 0 Å². The molecular weight excluding hydrogens is 227 g/mol. The van der Waals surface area contributed by atoms with E-state index in [1.807, 2.05) is 0 Å². The molecule has 1 aromatic rings. The van der Waals surface area contributed by atoms with Crippen molar-refractivity contribution >= 4 is 5.69 Å². The van der Waals surface area contributed by atoms with Gasteiger partial charge in [0.1, 0.15) is 0 Å². The monoisotopic (exact) mass is 235 g/mol. The average Bonchev–Trinajstić information content (AvgIpc) is 2.16. The van der Waals surface area contributed by atoms with Crippen molar-refractivity contribution in [2.24, 2.45) is 0 Å². The van der Waals surface area contributed by atoms with E-state index in [4.69, 9.17) is 5.11 Å². The van der Waals surface area contributed by atoms with Crippen molar-refractivity contribution in [3.63, 3.8) is 0 Å². The predicted octanol–water partition coefficient (Wildman–Crippen LogP) is 2.15. The molecule has 0 saturated heterocycles. The Balaban J connectivity index is 3.24. The second-order valence-corrected chi connectivity index (χ2v) is 3.12. The molecule has 88 valence electrons. The molecule has 0 aromatic heterocycles. The zero-order valence-corrected chi connectivity index (χ0v) is 7.99. The second kappa shape index (κ2) is 4.48. The van der Waals surface area contributed by atoms with Gasteiger partial charge >= 0.3 is 6.18 Å². The maximum Gasteiger partial charge on any atom is 0.416 e. The number of nitro groups is 1. The highest BCUT2D eigenvalue weighted by Crippen LogP contribution is 2.32. The van der Waals surface area contributed by atoms with Gasteiger partial charge in [0.2, 0.25) is 0 Å². The van der Waals surface area contributed by atoms with Crippen LogP contribution in [-0.4, -0.2) is 16.6 Å². The topological polar surface area (TPSA) is 63.4 Å². The van der Waals surface area contributed by atoms with E-state index in [1.165, 1.54) is 0 Å². The molecule has 4 nitrogen and oxygen atoms in total. The lowest BCUT2D eigenvalue weighted by molar-refractivity contribution is -0.385. The third-order valence-electron chi connectivity index (χ3n) is 1.92. The van der Waals surface area contributed by atoms with Crippen LogP contribution in [0.4, 0.5) is 18.9 Å². The van der Waals surface area contributed by atoms with Crippen molar-refractivity contribution in [1.29, 1.82) is 0 Å². The van der Waals surface area contributed by atoms with E-state index in [1.54, 1.807) is 0 Å². The number of alkyl halides is 3. The highest BCUT2D eigenvalue weighted by Gasteiger charge is 2.32. The largest absolute Gasteiger partial charge is 0.416 e. The van der Waals surface area contributed by atoms with Crippen LogP contribution in [0.1, 0.15) is 11.1 Å². The molecule has 0 spiro atoms. The van der Waals surface area contributed by atoms with Gasteiger partial charge in [-0.2, -0.15) is 13.2 Å². The summed E-state index contributed by atoms with van der Waals surface area (Å²) in [4.78, 5) is 9.52. The fourth-order valence-corrected chi connectivity index (χ4v) is 1.22. The van der Waals surface area contributed by atoms with Gasteiger partial charge in [-0.05, 0) is 18.1 Å². The number of nitrogens with zero attached hydrogens (tertiary/aromatic N) is 1. The van der Waals surface area contributed by atoms with Crippen molar-refractivity contribution in [3.8, 4) is 0 Å². The van der Waals surface area contributed by atoms with Gasteiger partial charge in [-0.1, -0.05) is 0 Å². The standard InChI is InChI=1S/C9H8F3NO3/c10-9(11,12)7-3-6(1-2-14)4-8(5-7)13(15)16/h3-5,14H,1-2H2. The zero-order chi connectivity index (χ0) is 12.3. The van der Waals surface area contributed by atoms with Crippen LogP contribution in [0.5, 0.6) is 0 Å². The van der Waals surface area contributed by atoms with Gasteiger partial charge in [0, 0.05) is 18.7 Å². The van der Waals surface area contributed by atoms with Crippen molar-refractivity contribution in [3.05, 3.63) is 39.4 Å². The Bertz CT molecular complexity index is 403. The third kappa shape index (κ3) is 2.93. The predicted molar refractivity (Wildman–Crippen MR) is 48.9 cm³/mol. The summed E-state index contributed by atoms with van der Waals surface area (Å²) in [6, 6.07) is 2.29. The second-order valence-electron chi connectivity index (χ2n) is 3.12. The van der Waals surface area contributed by atoms with E-state index in [-0.39, 0.29) is 18.6 Å². The number of aliphatic hydroxyl groups excluding tert-OH is 1. The molecular formula is C9H8F3NO3. The molecule has 0 aliphatic carbocycles. The fraction of sp³-hybridized carbons (Fsp3) is 0.333. The van der Waals surface area contributed by atoms with Crippen LogP contribution in [0.15, 0.2) is 18.2 Å². The number of aliphatic hydroxyl groups is 1. The molecule has 1 N–H and O–H groups in total. The first-order valence-corrected chi connectivity index (χ1v) is 4.31. The lowest BCUT2D eigenvalue weighted by Crippen LogP contribution is -2.07. The third-order valence-corrected chi connectivity index (χ3v) is 1.92. The van der Waals surface area contributed by atoms with Gasteiger partial charge in [-0.15, -0.1) is 0 Å². The quantitative estimate of drug-likeness (QED) is 0.644. The summed E-state index contributed by atoms with van der Waals surface area (Å²) in [7, 11) is 0. The van der Waals surface area contributed by atoms with Gasteiger partial charge in [-0.25, -0.2) is 0 Å². The molecule has 0 aliphatic heterocycles. The van der Waals surface area contributed by atoms with Gasteiger partial charge in [0.05, 0.1) is 10.5 Å². The Kier molecular flexibility index (Phi) is 3.48. The van der Waals surface area contributed by atoms with Crippen molar-refractivity contribution in [1.82, 2.24) is 0 Å². The van der Waals surface area contributed by atoms with E-state index in [0.717, 1.165) is 12.1 Å². The molecule has 0 aliphatic rings.